The van der Waals surface area contributed by atoms with Gasteiger partial charge in [0.2, 0.25) is 0 Å². The Labute approximate surface area is 165 Å². The molecule has 5 nitrogen and oxygen atoms in total. The van der Waals surface area contributed by atoms with Crippen LogP contribution < -0.4 is 5.32 Å². The highest BCUT2D eigenvalue weighted by atomic mass is 19.4. The Kier molecular flexibility index (Phi) is 7.55. The van der Waals surface area contributed by atoms with E-state index in [0.29, 0.717) is 0 Å². The van der Waals surface area contributed by atoms with Gasteiger partial charge in [-0.2, -0.15) is 13.2 Å². The number of hydrogen-bond donors (Lipinski definition) is 2. The normalized spacial score (nSPS) is 13.7. The predicted molar refractivity (Wildman–Crippen MR) is 100 cm³/mol. The third-order valence-electron chi connectivity index (χ3n) is 4.09. The van der Waals surface area contributed by atoms with Crippen LogP contribution in [-0.2, 0) is 20.5 Å². The first-order valence-electron chi connectivity index (χ1n) is 8.67. The first-order chi connectivity index (χ1) is 13.7. The Hall–Kier alpha value is -3.13. The first kappa shape index (κ1) is 22.2. The van der Waals surface area contributed by atoms with E-state index in [4.69, 9.17) is 0 Å². The number of esters is 1. The van der Waals surface area contributed by atoms with Crippen molar-refractivity contribution < 1.29 is 32.6 Å². The Bertz CT molecular complexity index is 848. The molecule has 2 aromatic rings. The molecule has 0 saturated heterocycles. The molecule has 1 amide bonds. The minimum atomic E-state index is -4.52. The molecule has 0 aliphatic heterocycles. The van der Waals surface area contributed by atoms with Gasteiger partial charge in [0.25, 0.3) is 5.91 Å². The monoisotopic (exact) mass is 407 g/mol. The van der Waals surface area contributed by atoms with Crippen molar-refractivity contribution in [1.82, 2.24) is 5.32 Å². The second-order valence-corrected chi connectivity index (χ2v) is 6.16. The summed E-state index contributed by atoms with van der Waals surface area (Å²) in [5.74, 6) is -1.64. The van der Waals surface area contributed by atoms with E-state index in [1.54, 1.807) is 12.2 Å². The fraction of sp³-hybridized carbons (Fsp3) is 0.238. The van der Waals surface area contributed by atoms with Gasteiger partial charge in [0, 0.05) is 0 Å². The molecular formula is C21H20F3NO4. The van der Waals surface area contributed by atoms with Gasteiger partial charge in [0.1, 0.15) is 6.04 Å². The number of ether oxygens (including phenoxy) is 1. The molecule has 0 aromatic heterocycles. The number of carbonyl (C=O) groups is 2. The van der Waals surface area contributed by atoms with Crippen molar-refractivity contribution in [1.29, 1.82) is 0 Å². The van der Waals surface area contributed by atoms with Crippen LogP contribution >= 0.6 is 0 Å². The standard InChI is InChI=1S/C21H20F3NO4/c1-29-20(28)17(9-5-8-14-6-3-2-4-7-14)25-19(27)18(26)15-10-12-16(13-11-15)21(22,23)24/h2-8,10-13,17-18,26H,9H2,1H3,(H,25,27)/b8-5+/t17-,18-/m1/s1. The molecule has 154 valence electrons. The summed E-state index contributed by atoms with van der Waals surface area (Å²) in [6.07, 6.45) is -2.72. The van der Waals surface area contributed by atoms with Crippen LogP contribution in [0.3, 0.4) is 0 Å². The highest BCUT2D eigenvalue weighted by Crippen LogP contribution is 2.30. The van der Waals surface area contributed by atoms with E-state index >= 15 is 0 Å². The van der Waals surface area contributed by atoms with Crippen LogP contribution in [0.4, 0.5) is 13.2 Å². The van der Waals surface area contributed by atoms with Crippen LogP contribution in [-0.4, -0.2) is 30.1 Å². The number of aliphatic hydroxyl groups excluding tert-OH is 1. The number of alkyl halides is 3. The van der Waals surface area contributed by atoms with Crippen LogP contribution in [0.2, 0.25) is 0 Å². The molecular weight excluding hydrogens is 387 g/mol. The van der Waals surface area contributed by atoms with Crippen LogP contribution in [0, 0.1) is 0 Å². The predicted octanol–water partition coefficient (Wildman–Crippen LogP) is 3.50. The zero-order valence-corrected chi connectivity index (χ0v) is 15.5. The average molecular weight is 407 g/mol. The topological polar surface area (TPSA) is 75.6 Å². The number of hydrogen-bond acceptors (Lipinski definition) is 4. The third-order valence-corrected chi connectivity index (χ3v) is 4.09. The van der Waals surface area contributed by atoms with Gasteiger partial charge in [0.05, 0.1) is 12.7 Å². The number of aliphatic hydroxyl groups is 1. The van der Waals surface area contributed by atoms with Crippen molar-refractivity contribution in [3.05, 3.63) is 77.4 Å². The largest absolute Gasteiger partial charge is 0.467 e. The molecule has 8 heteroatoms. The summed E-state index contributed by atoms with van der Waals surface area (Å²) in [7, 11) is 1.16. The van der Waals surface area contributed by atoms with Crippen molar-refractivity contribution in [2.45, 2.75) is 24.7 Å². The molecule has 2 aromatic carbocycles. The number of carbonyl (C=O) groups excluding carboxylic acids is 2. The molecule has 29 heavy (non-hydrogen) atoms. The van der Waals surface area contributed by atoms with Gasteiger partial charge >= 0.3 is 12.1 Å². The number of methoxy groups -OCH3 is 1. The second-order valence-electron chi connectivity index (χ2n) is 6.16. The van der Waals surface area contributed by atoms with E-state index in [0.717, 1.165) is 36.9 Å². The molecule has 2 atom stereocenters. The van der Waals surface area contributed by atoms with Crippen molar-refractivity contribution in [2.75, 3.05) is 7.11 Å². The Morgan fingerprint density at radius 1 is 1.10 bits per heavy atom. The van der Waals surface area contributed by atoms with Crippen LogP contribution in [0.1, 0.15) is 29.2 Å². The van der Waals surface area contributed by atoms with Crippen molar-refractivity contribution in [3.63, 3.8) is 0 Å². The van der Waals surface area contributed by atoms with Crippen LogP contribution in [0.25, 0.3) is 6.08 Å². The second kappa shape index (κ2) is 9.88. The van der Waals surface area contributed by atoms with E-state index in [2.05, 4.69) is 10.1 Å². The van der Waals surface area contributed by atoms with Crippen molar-refractivity contribution in [3.8, 4) is 0 Å². The average Bonchev–Trinajstić information content (AvgIpc) is 2.72. The van der Waals surface area contributed by atoms with Crippen LogP contribution in [0.15, 0.2) is 60.7 Å². The Balaban J connectivity index is 2.04. The summed E-state index contributed by atoms with van der Waals surface area (Å²) in [4.78, 5) is 24.2. The number of amides is 1. The van der Waals surface area contributed by atoms with Crippen LogP contribution in [0.5, 0.6) is 0 Å². The van der Waals surface area contributed by atoms with Gasteiger partial charge < -0.3 is 15.2 Å². The lowest BCUT2D eigenvalue weighted by molar-refractivity contribution is -0.146. The minimum Gasteiger partial charge on any atom is -0.467 e. The zero-order valence-electron chi connectivity index (χ0n) is 15.5. The maximum atomic E-state index is 12.6. The molecule has 0 unspecified atom stereocenters. The molecule has 0 fully saturated rings. The van der Waals surface area contributed by atoms with Gasteiger partial charge in [0.15, 0.2) is 6.10 Å². The van der Waals surface area contributed by atoms with E-state index in [1.165, 1.54) is 0 Å². The zero-order chi connectivity index (χ0) is 21.4. The first-order valence-corrected chi connectivity index (χ1v) is 8.67. The number of rotatable bonds is 7. The maximum Gasteiger partial charge on any atom is 0.416 e. The van der Waals surface area contributed by atoms with Gasteiger partial charge in [-0.1, -0.05) is 54.6 Å². The third kappa shape index (κ3) is 6.46. The number of nitrogens with one attached hydrogen (secondary N) is 1. The Morgan fingerprint density at radius 2 is 1.72 bits per heavy atom. The molecule has 0 spiro atoms. The van der Waals surface area contributed by atoms with E-state index in [9.17, 15) is 27.9 Å². The fourth-order valence-electron chi connectivity index (χ4n) is 2.52. The number of benzene rings is 2. The molecule has 0 aliphatic rings. The molecule has 2 rings (SSSR count). The lowest BCUT2D eigenvalue weighted by atomic mass is 10.1. The minimum absolute atomic E-state index is 0.0288. The fourth-order valence-corrected chi connectivity index (χ4v) is 2.52. The summed E-state index contributed by atoms with van der Waals surface area (Å²) >= 11 is 0. The molecule has 2 N–H and O–H groups in total. The van der Waals surface area contributed by atoms with Crippen molar-refractivity contribution in [2.24, 2.45) is 0 Å². The molecule has 0 heterocycles. The number of halogens is 3. The summed E-state index contributed by atoms with van der Waals surface area (Å²) in [5.41, 5.74) is -0.0291. The van der Waals surface area contributed by atoms with Gasteiger partial charge in [-0.15, -0.1) is 0 Å². The van der Waals surface area contributed by atoms with Gasteiger partial charge in [-0.25, -0.2) is 4.79 Å². The molecule has 0 saturated carbocycles. The Morgan fingerprint density at radius 3 is 2.28 bits per heavy atom. The van der Waals surface area contributed by atoms with E-state index < -0.39 is 35.8 Å². The lowest BCUT2D eigenvalue weighted by Crippen LogP contribution is -2.43. The lowest BCUT2D eigenvalue weighted by Gasteiger charge is -2.18. The van der Waals surface area contributed by atoms with Gasteiger partial charge in [-0.05, 0) is 29.7 Å². The van der Waals surface area contributed by atoms with E-state index in [-0.39, 0.29) is 12.0 Å². The van der Waals surface area contributed by atoms with Gasteiger partial charge in [-0.3, -0.25) is 4.79 Å². The SMILES string of the molecule is COC(=O)[C@@H](C/C=C/c1ccccc1)NC(=O)[C@H](O)c1ccc(C(F)(F)F)cc1. The highest BCUT2D eigenvalue weighted by Gasteiger charge is 2.31. The maximum absolute atomic E-state index is 12.6. The molecule has 0 bridgehead atoms. The summed E-state index contributed by atoms with van der Waals surface area (Å²) in [6, 6.07) is 11.8. The summed E-state index contributed by atoms with van der Waals surface area (Å²) in [6.45, 7) is 0. The summed E-state index contributed by atoms with van der Waals surface area (Å²) < 4.78 is 42.5. The quantitative estimate of drug-likeness (QED) is 0.689. The molecule has 0 aliphatic carbocycles. The van der Waals surface area contributed by atoms with Crippen molar-refractivity contribution >= 4 is 18.0 Å². The smallest absolute Gasteiger partial charge is 0.416 e. The highest BCUT2D eigenvalue weighted by molar-refractivity contribution is 5.87. The summed E-state index contributed by atoms with van der Waals surface area (Å²) in [5, 5.41) is 12.5. The molecule has 0 radical (unpaired) electrons. The van der Waals surface area contributed by atoms with E-state index in [1.807, 2.05) is 30.3 Å².